The van der Waals surface area contributed by atoms with Crippen LogP contribution in [0.1, 0.15) is 22.7 Å². The standard InChI is InChI=1S/C16H17NO/c1-18-15-9-5-4-8-14(15)16-13-7-3-2-6-12(13)10-11-17-16/h2-9,16-17H,10-11H2,1H3/t16-/m1/s1. The molecular weight excluding hydrogens is 222 g/mol. The van der Waals surface area contributed by atoms with Crippen LogP contribution in [0.15, 0.2) is 48.5 Å². The van der Waals surface area contributed by atoms with Crippen LogP contribution in [0, 0.1) is 0 Å². The molecule has 2 aromatic carbocycles. The first kappa shape index (κ1) is 11.3. The minimum atomic E-state index is 0.242. The quantitative estimate of drug-likeness (QED) is 0.870. The smallest absolute Gasteiger partial charge is 0.123 e. The van der Waals surface area contributed by atoms with Gasteiger partial charge in [-0.3, -0.25) is 0 Å². The zero-order valence-electron chi connectivity index (χ0n) is 10.5. The van der Waals surface area contributed by atoms with Gasteiger partial charge in [-0.1, -0.05) is 42.5 Å². The zero-order valence-corrected chi connectivity index (χ0v) is 10.5. The van der Waals surface area contributed by atoms with Gasteiger partial charge in [0.2, 0.25) is 0 Å². The summed E-state index contributed by atoms with van der Waals surface area (Å²) in [7, 11) is 1.73. The van der Waals surface area contributed by atoms with Crippen LogP contribution in [0.3, 0.4) is 0 Å². The minimum absolute atomic E-state index is 0.242. The molecule has 3 rings (SSSR count). The van der Waals surface area contributed by atoms with Gasteiger partial charge in [-0.15, -0.1) is 0 Å². The van der Waals surface area contributed by atoms with Crippen LogP contribution in [0.2, 0.25) is 0 Å². The predicted molar refractivity (Wildman–Crippen MR) is 73.0 cm³/mol. The molecule has 0 radical (unpaired) electrons. The molecule has 0 aliphatic carbocycles. The summed E-state index contributed by atoms with van der Waals surface area (Å²) < 4.78 is 5.47. The van der Waals surface area contributed by atoms with Gasteiger partial charge >= 0.3 is 0 Å². The average Bonchev–Trinajstić information content (AvgIpc) is 2.46. The van der Waals surface area contributed by atoms with Gasteiger partial charge in [0.25, 0.3) is 0 Å². The number of benzene rings is 2. The number of nitrogens with one attached hydrogen (secondary N) is 1. The van der Waals surface area contributed by atoms with Gasteiger partial charge in [-0.05, 0) is 23.6 Å². The van der Waals surface area contributed by atoms with Crippen molar-refractivity contribution >= 4 is 0 Å². The molecule has 92 valence electrons. The Labute approximate surface area is 108 Å². The largest absolute Gasteiger partial charge is 0.496 e. The van der Waals surface area contributed by atoms with Crippen molar-refractivity contribution in [3.63, 3.8) is 0 Å². The van der Waals surface area contributed by atoms with Crippen molar-refractivity contribution in [1.29, 1.82) is 0 Å². The van der Waals surface area contributed by atoms with E-state index in [-0.39, 0.29) is 6.04 Å². The third-order valence-electron chi connectivity index (χ3n) is 3.56. The van der Waals surface area contributed by atoms with Crippen molar-refractivity contribution in [1.82, 2.24) is 5.32 Å². The van der Waals surface area contributed by atoms with E-state index in [1.54, 1.807) is 7.11 Å². The maximum absolute atomic E-state index is 5.47. The first-order valence-corrected chi connectivity index (χ1v) is 6.34. The summed E-state index contributed by atoms with van der Waals surface area (Å²) in [6.45, 7) is 1.01. The van der Waals surface area contributed by atoms with Crippen LogP contribution in [0.5, 0.6) is 5.75 Å². The highest BCUT2D eigenvalue weighted by molar-refractivity contribution is 5.45. The molecular formula is C16H17NO. The van der Waals surface area contributed by atoms with Gasteiger partial charge < -0.3 is 10.1 Å². The molecule has 1 aliphatic heterocycles. The fraction of sp³-hybridized carbons (Fsp3) is 0.250. The van der Waals surface area contributed by atoms with E-state index in [1.807, 2.05) is 12.1 Å². The Bertz CT molecular complexity index is 550. The van der Waals surface area contributed by atoms with E-state index in [0.29, 0.717) is 0 Å². The SMILES string of the molecule is COc1ccccc1[C@@H]1NCCc2ccccc21. The molecule has 0 saturated carbocycles. The highest BCUT2D eigenvalue weighted by Gasteiger charge is 2.22. The Morgan fingerprint density at radius 3 is 2.56 bits per heavy atom. The van der Waals surface area contributed by atoms with Crippen molar-refractivity contribution < 1.29 is 4.74 Å². The van der Waals surface area contributed by atoms with Crippen molar-refractivity contribution in [3.8, 4) is 5.75 Å². The highest BCUT2D eigenvalue weighted by Crippen LogP contribution is 2.33. The second-order valence-electron chi connectivity index (χ2n) is 4.58. The van der Waals surface area contributed by atoms with Gasteiger partial charge in [0.05, 0.1) is 13.2 Å². The van der Waals surface area contributed by atoms with Crippen LogP contribution in [-0.4, -0.2) is 13.7 Å². The van der Waals surface area contributed by atoms with Crippen molar-refractivity contribution in [2.24, 2.45) is 0 Å². The Morgan fingerprint density at radius 2 is 1.72 bits per heavy atom. The Hall–Kier alpha value is -1.80. The third-order valence-corrected chi connectivity index (χ3v) is 3.56. The van der Waals surface area contributed by atoms with Crippen LogP contribution < -0.4 is 10.1 Å². The summed E-state index contributed by atoms with van der Waals surface area (Å²) in [6.07, 6.45) is 1.10. The lowest BCUT2D eigenvalue weighted by Gasteiger charge is -2.28. The molecule has 1 N–H and O–H groups in total. The van der Waals surface area contributed by atoms with Crippen molar-refractivity contribution in [3.05, 3.63) is 65.2 Å². The predicted octanol–water partition coefficient (Wildman–Crippen LogP) is 2.93. The monoisotopic (exact) mass is 239 g/mol. The number of hydrogen-bond acceptors (Lipinski definition) is 2. The van der Waals surface area contributed by atoms with Gasteiger partial charge in [0.1, 0.15) is 5.75 Å². The summed E-state index contributed by atoms with van der Waals surface area (Å²) in [5.41, 5.74) is 4.02. The van der Waals surface area contributed by atoms with Crippen molar-refractivity contribution in [2.75, 3.05) is 13.7 Å². The van der Waals surface area contributed by atoms with E-state index in [4.69, 9.17) is 4.74 Å². The molecule has 0 spiro atoms. The van der Waals surface area contributed by atoms with Gasteiger partial charge in [0, 0.05) is 12.1 Å². The second kappa shape index (κ2) is 4.83. The summed E-state index contributed by atoms with van der Waals surface area (Å²) in [5.74, 6) is 0.951. The van der Waals surface area contributed by atoms with Gasteiger partial charge in [-0.2, -0.15) is 0 Å². The Kier molecular flexibility index (Phi) is 3.03. The molecule has 0 bridgehead atoms. The summed E-state index contributed by atoms with van der Waals surface area (Å²) in [5, 5.41) is 3.59. The Balaban J connectivity index is 2.08. The summed E-state index contributed by atoms with van der Waals surface area (Å²) >= 11 is 0. The molecule has 2 nitrogen and oxygen atoms in total. The van der Waals surface area contributed by atoms with Crippen LogP contribution >= 0.6 is 0 Å². The van der Waals surface area contributed by atoms with E-state index in [1.165, 1.54) is 16.7 Å². The minimum Gasteiger partial charge on any atom is -0.496 e. The average molecular weight is 239 g/mol. The van der Waals surface area contributed by atoms with Crippen molar-refractivity contribution in [2.45, 2.75) is 12.5 Å². The van der Waals surface area contributed by atoms with E-state index in [0.717, 1.165) is 18.7 Å². The summed E-state index contributed by atoms with van der Waals surface area (Å²) in [4.78, 5) is 0. The first-order chi connectivity index (χ1) is 8.90. The van der Waals surface area contributed by atoms with E-state index >= 15 is 0 Å². The number of para-hydroxylation sites is 1. The maximum atomic E-state index is 5.47. The normalized spacial score (nSPS) is 18.2. The van der Waals surface area contributed by atoms with Crippen LogP contribution in [0.25, 0.3) is 0 Å². The molecule has 18 heavy (non-hydrogen) atoms. The molecule has 0 fully saturated rings. The van der Waals surface area contributed by atoms with E-state index in [9.17, 15) is 0 Å². The first-order valence-electron chi connectivity index (χ1n) is 6.34. The molecule has 0 saturated heterocycles. The fourth-order valence-corrected chi connectivity index (χ4v) is 2.69. The van der Waals surface area contributed by atoms with Gasteiger partial charge in [0.15, 0.2) is 0 Å². The maximum Gasteiger partial charge on any atom is 0.123 e. The fourth-order valence-electron chi connectivity index (χ4n) is 2.69. The Morgan fingerprint density at radius 1 is 1.00 bits per heavy atom. The molecule has 0 amide bonds. The molecule has 0 unspecified atom stereocenters. The number of ether oxygens (including phenoxy) is 1. The molecule has 2 aromatic rings. The number of methoxy groups -OCH3 is 1. The number of rotatable bonds is 2. The lowest BCUT2D eigenvalue weighted by atomic mass is 9.89. The lowest BCUT2D eigenvalue weighted by Crippen LogP contribution is -2.30. The van der Waals surface area contributed by atoms with Crippen LogP contribution in [0.4, 0.5) is 0 Å². The summed E-state index contributed by atoms with van der Waals surface area (Å²) in [6, 6.07) is 17.1. The topological polar surface area (TPSA) is 21.3 Å². The van der Waals surface area contributed by atoms with E-state index < -0.39 is 0 Å². The molecule has 2 heteroatoms. The van der Waals surface area contributed by atoms with E-state index in [2.05, 4.69) is 41.7 Å². The third kappa shape index (κ3) is 1.89. The molecule has 1 heterocycles. The number of fused-ring (bicyclic) bond motifs is 1. The van der Waals surface area contributed by atoms with Crippen LogP contribution in [-0.2, 0) is 6.42 Å². The molecule has 1 atom stereocenters. The second-order valence-corrected chi connectivity index (χ2v) is 4.58. The van der Waals surface area contributed by atoms with Gasteiger partial charge in [-0.25, -0.2) is 0 Å². The molecule has 1 aliphatic rings. The zero-order chi connectivity index (χ0) is 12.4. The highest BCUT2D eigenvalue weighted by atomic mass is 16.5. The molecule has 0 aromatic heterocycles. The lowest BCUT2D eigenvalue weighted by molar-refractivity contribution is 0.402. The number of hydrogen-bond donors (Lipinski definition) is 1.